The molecule has 0 heterocycles. The van der Waals surface area contributed by atoms with Crippen molar-refractivity contribution >= 4 is 23.4 Å². The summed E-state index contributed by atoms with van der Waals surface area (Å²) in [5.74, 6) is 0. The zero-order valence-electron chi connectivity index (χ0n) is 7.13. The quantitative estimate of drug-likeness (QED) is 0.719. The maximum Gasteiger partial charge on any atom is 0.464 e. The van der Waals surface area contributed by atoms with Crippen LogP contribution < -0.4 is 0 Å². The van der Waals surface area contributed by atoms with Crippen molar-refractivity contribution in [1.82, 2.24) is 0 Å². The molecule has 0 aliphatic rings. The Hall–Kier alpha value is 0.425. The monoisotopic (exact) mass is 224 g/mol. The standard InChI is InChI=1S/C6H14BBrO3/c1-6(2,4-9)5-10-7(3)11-8/h9H,4-5H2,1-3H3. The number of aliphatic hydroxyl groups excluding tert-OH is 1. The van der Waals surface area contributed by atoms with E-state index in [-0.39, 0.29) is 19.1 Å². The lowest BCUT2D eigenvalue weighted by molar-refractivity contribution is 0.0902. The summed E-state index contributed by atoms with van der Waals surface area (Å²) in [6.45, 7) is 6.22. The van der Waals surface area contributed by atoms with Gasteiger partial charge >= 0.3 is 7.12 Å². The molecule has 0 unspecified atom stereocenters. The van der Waals surface area contributed by atoms with E-state index in [9.17, 15) is 0 Å². The molecule has 11 heavy (non-hydrogen) atoms. The van der Waals surface area contributed by atoms with Gasteiger partial charge in [0.15, 0.2) is 0 Å². The van der Waals surface area contributed by atoms with Crippen molar-refractivity contribution in [3.05, 3.63) is 0 Å². The van der Waals surface area contributed by atoms with Crippen molar-refractivity contribution in [2.45, 2.75) is 20.7 Å². The zero-order chi connectivity index (χ0) is 8.91. The Kier molecular flexibility index (Phi) is 5.34. The minimum atomic E-state index is -0.277. The van der Waals surface area contributed by atoms with Gasteiger partial charge in [-0.2, -0.15) is 0 Å². The minimum Gasteiger partial charge on any atom is -0.410 e. The third kappa shape index (κ3) is 5.67. The predicted octanol–water partition coefficient (Wildman–Crippen LogP) is 1.47. The van der Waals surface area contributed by atoms with Crippen LogP contribution in [0.5, 0.6) is 0 Å². The molecule has 0 saturated carbocycles. The van der Waals surface area contributed by atoms with Crippen LogP contribution >= 0.6 is 16.3 Å². The van der Waals surface area contributed by atoms with Gasteiger partial charge in [0.2, 0.25) is 0 Å². The van der Waals surface area contributed by atoms with E-state index >= 15 is 0 Å². The van der Waals surface area contributed by atoms with Crippen molar-refractivity contribution in [1.29, 1.82) is 0 Å². The Morgan fingerprint density at radius 3 is 2.45 bits per heavy atom. The van der Waals surface area contributed by atoms with Crippen LogP contribution in [-0.2, 0) is 8.40 Å². The molecular weight excluding hydrogens is 211 g/mol. The normalized spacial score (nSPS) is 11.7. The Bertz CT molecular complexity index is 110. The first-order chi connectivity index (χ1) is 5.02. The molecule has 0 saturated heterocycles. The third-order valence-electron chi connectivity index (χ3n) is 1.26. The molecule has 0 aromatic rings. The number of halogens is 1. The molecule has 0 radical (unpaired) electrons. The van der Waals surface area contributed by atoms with E-state index in [2.05, 4.69) is 16.3 Å². The molecule has 0 rings (SSSR count). The van der Waals surface area contributed by atoms with Crippen LogP contribution in [0.15, 0.2) is 0 Å². The van der Waals surface area contributed by atoms with E-state index < -0.39 is 0 Å². The predicted molar refractivity (Wildman–Crippen MR) is 48.4 cm³/mol. The first-order valence-electron chi connectivity index (χ1n) is 3.52. The molecule has 0 amide bonds. The highest BCUT2D eigenvalue weighted by Gasteiger charge is 2.19. The van der Waals surface area contributed by atoms with Crippen LogP contribution in [0.3, 0.4) is 0 Å². The van der Waals surface area contributed by atoms with Crippen LogP contribution in [0, 0.1) is 5.41 Å². The van der Waals surface area contributed by atoms with Gasteiger partial charge in [0.05, 0.1) is 22.9 Å². The molecule has 1 N–H and O–H groups in total. The van der Waals surface area contributed by atoms with E-state index in [0.29, 0.717) is 6.61 Å². The summed E-state index contributed by atoms with van der Waals surface area (Å²) in [5.41, 5.74) is -0.195. The van der Waals surface area contributed by atoms with Gasteiger partial charge in [-0.15, -0.1) is 0 Å². The lowest BCUT2D eigenvalue weighted by Crippen LogP contribution is -2.28. The van der Waals surface area contributed by atoms with E-state index in [1.807, 2.05) is 13.8 Å². The van der Waals surface area contributed by atoms with Crippen LogP contribution in [0.2, 0.25) is 6.82 Å². The van der Waals surface area contributed by atoms with Gasteiger partial charge in [-0.25, -0.2) is 0 Å². The summed E-state index contributed by atoms with van der Waals surface area (Å²) >= 11 is 2.82. The van der Waals surface area contributed by atoms with Crippen LogP contribution in [-0.4, -0.2) is 25.4 Å². The van der Waals surface area contributed by atoms with Crippen molar-refractivity contribution in [3.63, 3.8) is 0 Å². The van der Waals surface area contributed by atoms with Gasteiger partial charge in [-0.05, 0) is 6.82 Å². The minimum absolute atomic E-state index is 0.113. The molecule has 0 aromatic heterocycles. The number of rotatable bonds is 5. The number of aliphatic hydroxyl groups is 1. The topological polar surface area (TPSA) is 38.7 Å². The fraction of sp³-hybridized carbons (Fsp3) is 1.00. The highest BCUT2D eigenvalue weighted by molar-refractivity contribution is 9.06. The SMILES string of the molecule is CB(OBr)OCC(C)(C)CO. The molecule has 0 spiro atoms. The lowest BCUT2D eigenvalue weighted by atomic mass is 9.92. The van der Waals surface area contributed by atoms with Crippen molar-refractivity contribution in [3.8, 4) is 0 Å². The van der Waals surface area contributed by atoms with Gasteiger partial charge in [0.25, 0.3) is 0 Å². The van der Waals surface area contributed by atoms with E-state index in [1.54, 1.807) is 6.82 Å². The lowest BCUT2D eigenvalue weighted by Gasteiger charge is -2.22. The first-order valence-corrected chi connectivity index (χ1v) is 4.16. The molecule has 0 aromatic carbocycles. The van der Waals surface area contributed by atoms with Crippen molar-refractivity contribution in [2.75, 3.05) is 13.2 Å². The third-order valence-corrected chi connectivity index (χ3v) is 1.79. The molecule has 3 nitrogen and oxygen atoms in total. The summed E-state index contributed by atoms with van der Waals surface area (Å²) in [4.78, 5) is 0. The van der Waals surface area contributed by atoms with Crippen LogP contribution in [0.1, 0.15) is 13.8 Å². The highest BCUT2D eigenvalue weighted by Crippen LogP contribution is 2.14. The average Bonchev–Trinajstić information content (AvgIpc) is 2.00. The Balaban J connectivity index is 3.52. The second-order valence-electron chi connectivity index (χ2n) is 3.29. The fourth-order valence-corrected chi connectivity index (χ4v) is 0.522. The molecule has 0 aliphatic heterocycles. The van der Waals surface area contributed by atoms with Crippen molar-refractivity contribution < 1.29 is 13.5 Å². The summed E-state index contributed by atoms with van der Waals surface area (Å²) in [6, 6.07) is 0. The second-order valence-corrected chi connectivity index (χ2v) is 3.66. The van der Waals surface area contributed by atoms with E-state index in [0.717, 1.165) is 0 Å². The highest BCUT2D eigenvalue weighted by atomic mass is 79.9. The fourth-order valence-electron chi connectivity index (χ4n) is 0.414. The van der Waals surface area contributed by atoms with Crippen LogP contribution in [0.4, 0.5) is 0 Å². The van der Waals surface area contributed by atoms with Gasteiger partial charge in [0, 0.05) is 12.0 Å². The van der Waals surface area contributed by atoms with Gasteiger partial charge in [-0.1, -0.05) is 13.8 Å². The molecule has 5 heteroatoms. The van der Waals surface area contributed by atoms with Crippen LogP contribution in [0.25, 0.3) is 0 Å². The number of hydrogen-bond donors (Lipinski definition) is 1. The van der Waals surface area contributed by atoms with Gasteiger partial charge in [0.1, 0.15) is 0 Å². The maximum atomic E-state index is 8.85. The summed E-state index contributed by atoms with van der Waals surface area (Å²) in [6.07, 6.45) is 0. The molecule has 0 fully saturated rings. The zero-order valence-corrected chi connectivity index (χ0v) is 8.72. The Labute approximate surface area is 76.7 Å². The average molecular weight is 225 g/mol. The van der Waals surface area contributed by atoms with E-state index in [4.69, 9.17) is 13.5 Å². The molecular formula is C6H14BBrO3. The number of hydrogen-bond acceptors (Lipinski definition) is 3. The summed E-state index contributed by atoms with van der Waals surface area (Å²) in [7, 11) is -0.277. The van der Waals surface area contributed by atoms with Gasteiger partial charge in [-0.3, -0.25) is 0 Å². The largest absolute Gasteiger partial charge is 0.464 e. The molecule has 66 valence electrons. The molecule has 0 bridgehead atoms. The summed E-state index contributed by atoms with van der Waals surface area (Å²) in [5, 5.41) is 8.85. The second kappa shape index (κ2) is 5.14. The molecule has 0 aliphatic carbocycles. The van der Waals surface area contributed by atoms with E-state index in [1.165, 1.54) is 0 Å². The van der Waals surface area contributed by atoms with Gasteiger partial charge < -0.3 is 13.5 Å². The Morgan fingerprint density at radius 1 is 1.55 bits per heavy atom. The summed E-state index contributed by atoms with van der Waals surface area (Å²) < 4.78 is 9.92. The smallest absolute Gasteiger partial charge is 0.410 e. The molecule has 0 atom stereocenters. The van der Waals surface area contributed by atoms with Crippen molar-refractivity contribution in [2.24, 2.45) is 5.41 Å². The first kappa shape index (κ1) is 11.4. The maximum absolute atomic E-state index is 8.85. The Morgan fingerprint density at radius 2 is 2.09 bits per heavy atom.